The zero-order chi connectivity index (χ0) is 18.1. The van der Waals surface area contributed by atoms with Crippen molar-refractivity contribution in [1.29, 1.82) is 0 Å². The molecule has 128 valence electrons. The zero-order valence-corrected chi connectivity index (χ0v) is 14.0. The van der Waals surface area contributed by atoms with Crippen molar-refractivity contribution >= 4 is 34.8 Å². The third kappa shape index (κ3) is 2.85. The summed E-state index contributed by atoms with van der Waals surface area (Å²) in [7, 11) is 0. The van der Waals surface area contributed by atoms with Gasteiger partial charge in [0.25, 0.3) is 0 Å². The molecule has 0 heterocycles. The Morgan fingerprint density at radius 3 is 2.60 bits per heavy atom. The Balaban J connectivity index is 2.22. The molecule has 0 aromatic heterocycles. The summed E-state index contributed by atoms with van der Waals surface area (Å²) >= 11 is 5.49. The quantitative estimate of drug-likeness (QED) is 0.699. The first kappa shape index (κ1) is 17.0. The van der Waals surface area contributed by atoms with Crippen LogP contribution in [0.1, 0.15) is 38.8 Å². The third-order valence-corrected chi connectivity index (χ3v) is 4.04. The number of alkyl halides is 1. The van der Waals surface area contributed by atoms with E-state index >= 15 is 0 Å². The molecule has 0 atom stereocenters. The molecule has 0 spiro atoms. The lowest BCUT2D eigenvalue weighted by Crippen LogP contribution is -2.23. The van der Waals surface area contributed by atoms with E-state index < -0.39 is 17.5 Å². The van der Waals surface area contributed by atoms with Gasteiger partial charge in [0.15, 0.2) is 5.78 Å². The molecule has 25 heavy (non-hydrogen) atoms. The van der Waals surface area contributed by atoms with Gasteiger partial charge in [0.1, 0.15) is 17.4 Å². The molecule has 0 fully saturated rings. The molecule has 6 nitrogen and oxygen atoms in total. The zero-order valence-electron chi connectivity index (χ0n) is 13.3. The Labute approximate surface area is 148 Å². The van der Waals surface area contributed by atoms with E-state index in [1.807, 2.05) is 0 Å². The number of phenolic OH excluding ortho intramolecular Hbond substituents is 1. The fourth-order valence-electron chi connectivity index (χ4n) is 2.80. The predicted octanol–water partition coefficient (Wildman–Crippen LogP) is 2.74. The Kier molecular flexibility index (Phi) is 4.46. The molecule has 1 aliphatic carbocycles. The summed E-state index contributed by atoms with van der Waals surface area (Å²) in [6, 6.07) is 7.19. The second-order valence-electron chi connectivity index (χ2n) is 5.37. The number of anilines is 1. The van der Waals surface area contributed by atoms with Gasteiger partial charge in [0, 0.05) is 22.9 Å². The highest BCUT2D eigenvalue weighted by Crippen LogP contribution is 2.38. The number of hydrogen-bond acceptors (Lipinski definition) is 5. The lowest BCUT2D eigenvalue weighted by atomic mass is 9.83. The van der Waals surface area contributed by atoms with E-state index in [-0.39, 0.29) is 46.2 Å². The minimum Gasteiger partial charge on any atom is -0.507 e. The van der Waals surface area contributed by atoms with E-state index in [0.29, 0.717) is 5.69 Å². The number of ether oxygens (including phenoxy) is 1. The van der Waals surface area contributed by atoms with Crippen LogP contribution < -0.4 is 10.1 Å². The standard InChI is InChI=1S/C18H14ClNO5/c1-2-25-13-7-9(20-14(22)8-19)6-11-16(13)18(24)15-10(17(11)23)4-3-5-12(15)21/h3-7,21H,2,8H2,1H3,(H,20,22). The summed E-state index contributed by atoms with van der Waals surface area (Å²) in [6.07, 6.45) is 0. The lowest BCUT2D eigenvalue weighted by molar-refractivity contribution is -0.113. The van der Waals surface area contributed by atoms with Crippen LogP contribution >= 0.6 is 11.6 Å². The molecule has 7 heteroatoms. The Bertz CT molecular complexity index is 907. The van der Waals surface area contributed by atoms with Crippen LogP contribution in [-0.2, 0) is 4.79 Å². The van der Waals surface area contributed by atoms with Crippen LogP contribution in [-0.4, -0.2) is 35.1 Å². The van der Waals surface area contributed by atoms with Crippen LogP contribution in [0.5, 0.6) is 11.5 Å². The first-order valence-corrected chi connectivity index (χ1v) is 8.09. The van der Waals surface area contributed by atoms with Gasteiger partial charge < -0.3 is 15.2 Å². The number of ketones is 2. The van der Waals surface area contributed by atoms with Crippen molar-refractivity contribution in [2.45, 2.75) is 6.92 Å². The number of carbonyl (C=O) groups is 3. The number of fused-ring (bicyclic) bond motifs is 2. The van der Waals surface area contributed by atoms with Gasteiger partial charge in [-0.1, -0.05) is 12.1 Å². The van der Waals surface area contributed by atoms with Gasteiger partial charge in [0.2, 0.25) is 11.7 Å². The molecular formula is C18H14ClNO5. The molecule has 2 aromatic carbocycles. The van der Waals surface area contributed by atoms with Crippen LogP contribution in [0.25, 0.3) is 0 Å². The van der Waals surface area contributed by atoms with Crippen molar-refractivity contribution in [3.63, 3.8) is 0 Å². The van der Waals surface area contributed by atoms with Crippen LogP contribution in [0.15, 0.2) is 30.3 Å². The highest BCUT2D eigenvalue weighted by Gasteiger charge is 2.35. The topological polar surface area (TPSA) is 92.7 Å². The number of carbonyl (C=O) groups excluding carboxylic acids is 3. The molecule has 3 rings (SSSR count). The number of hydrogen-bond donors (Lipinski definition) is 2. The summed E-state index contributed by atoms with van der Waals surface area (Å²) < 4.78 is 5.49. The van der Waals surface area contributed by atoms with Gasteiger partial charge >= 0.3 is 0 Å². The number of nitrogens with one attached hydrogen (secondary N) is 1. The highest BCUT2D eigenvalue weighted by molar-refractivity contribution is 6.31. The maximum absolute atomic E-state index is 12.9. The van der Waals surface area contributed by atoms with Crippen LogP contribution in [0, 0.1) is 0 Å². The average Bonchev–Trinajstić information content (AvgIpc) is 2.59. The fourth-order valence-corrected chi connectivity index (χ4v) is 2.87. The molecule has 0 unspecified atom stereocenters. The maximum Gasteiger partial charge on any atom is 0.239 e. The molecular weight excluding hydrogens is 346 g/mol. The maximum atomic E-state index is 12.9. The third-order valence-electron chi connectivity index (χ3n) is 3.79. The van der Waals surface area contributed by atoms with E-state index in [4.69, 9.17) is 16.3 Å². The van der Waals surface area contributed by atoms with E-state index in [1.54, 1.807) is 6.92 Å². The number of halogens is 1. The number of amides is 1. The first-order chi connectivity index (χ1) is 12.0. The van der Waals surface area contributed by atoms with Crippen molar-refractivity contribution in [3.8, 4) is 11.5 Å². The number of phenols is 1. The summed E-state index contributed by atoms with van der Waals surface area (Å²) in [5.41, 5.74) is 0.556. The van der Waals surface area contributed by atoms with Crippen molar-refractivity contribution in [3.05, 3.63) is 52.6 Å². The van der Waals surface area contributed by atoms with E-state index in [9.17, 15) is 19.5 Å². The second kappa shape index (κ2) is 6.57. The van der Waals surface area contributed by atoms with Gasteiger partial charge in [-0.15, -0.1) is 11.6 Å². The largest absolute Gasteiger partial charge is 0.507 e. The Morgan fingerprint density at radius 2 is 1.92 bits per heavy atom. The molecule has 0 bridgehead atoms. The van der Waals surface area contributed by atoms with E-state index in [1.165, 1.54) is 30.3 Å². The minimum absolute atomic E-state index is 0.0431. The molecule has 0 aliphatic heterocycles. The molecule has 2 aromatic rings. The average molecular weight is 360 g/mol. The van der Waals surface area contributed by atoms with Crippen LogP contribution in [0.2, 0.25) is 0 Å². The molecule has 1 aliphatic rings. The summed E-state index contributed by atoms with van der Waals surface area (Å²) in [5.74, 6) is -1.72. The summed E-state index contributed by atoms with van der Waals surface area (Å²) in [5, 5.41) is 12.6. The van der Waals surface area contributed by atoms with Crippen molar-refractivity contribution in [1.82, 2.24) is 0 Å². The molecule has 2 N–H and O–H groups in total. The predicted molar refractivity (Wildman–Crippen MR) is 91.9 cm³/mol. The second-order valence-corrected chi connectivity index (χ2v) is 5.64. The number of rotatable bonds is 4. The Hall–Kier alpha value is -2.86. The van der Waals surface area contributed by atoms with Crippen molar-refractivity contribution < 1.29 is 24.2 Å². The highest BCUT2D eigenvalue weighted by atomic mass is 35.5. The van der Waals surface area contributed by atoms with Gasteiger partial charge in [-0.2, -0.15) is 0 Å². The van der Waals surface area contributed by atoms with Gasteiger partial charge in [-0.25, -0.2) is 0 Å². The van der Waals surface area contributed by atoms with Crippen LogP contribution in [0.4, 0.5) is 5.69 Å². The first-order valence-electron chi connectivity index (χ1n) is 7.56. The smallest absolute Gasteiger partial charge is 0.239 e. The molecule has 0 radical (unpaired) electrons. The molecule has 1 amide bonds. The summed E-state index contributed by atoms with van der Waals surface area (Å²) in [4.78, 5) is 37.2. The van der Waals surface area contributed by atoms with E-state index in [2.05, 4.69) is 5.32 Å². The minimum atomic E-state index is -0.499. The van der Waals surface area contributed by atoms with Crippen LogP contribution in [0.3, 0.4) is 0 Å². The van der Waals surface area contributed by atoms with Crippen molar-refractivity contribution in [2.75, 3.05) is 17.8 Å². The van der Waals surface area contributed by atoms with Crippen molar-refractivity contribution in [2.24, 2.45) is 0 Å². The lowest BCUT2D eigenvalue weighted by Gasteiger charge is -2.22. The van der Waals surface area contributed by atoms with Gasteiger partial charge in [-0.3, -0.25) is 14.4 Å². The fraction of sp³-hybridized carbons (Fsp3) is 0.167. The normalized spacial score (nSPS) is 12.4. The molecule has 0 saturated heterocycles. The van der Waals surface area contributed by atoms with E-state index in [0.717, 1.165) is 0 Å². The SMILES string of the molecule is CCOc1cc(NC(=O)CCl)cc2c1C(=O)c1c(O)cccc1C2=O. The number of aromatic hydroxyl groups is 1. The summed E-state index contributed by atoms with van der Waals surface area (Å²) in [6.45, 7) is 1.99. The van der Waals surface area contributed by atoms with Gasteiger partial charge in [0.05, 0.1) is 17.7 Å². The van der Waals surface area contributed by atoms with Gasteiger partial charge in [-0.05, 0) is 19.1 Å². The molecule has 0 saturated carbocycles. The monoisotopic (exact) mass is 359 g/mol. The number of benzene rings is 2. The Morgan fingerprint density at radius 1 is 1.16 bits per heavy atom.